The molecular formula is C20H27N3O2. The van der Waals surface area contributed by atoms with Crippen molar-refractivity contribution < 1.29 is 9.47 Å². The molecule has 1 aromatic heterocycles. The van der Waals surface area contributed by atoms with Gasteiger partial charge in [-0.2, -0.15) is 0 Å². The highest BCUT2D eigenvalue weighted by Crippen LogP contribution is 2.33. The van der Waals surface area contributed by atoms with Gasteiger partial charge in [0.05, 0.1) is 6.61 Å². The molecule has 5 nitrogen and oxygen atoms in total. The highest BCUT2D eigenvalue weighted by atomic mass is 16.5. The minimum absolute atomic E-state index is 0.0851. The van der Waals surface area contributed by atoms with E-state index in [0.29, 0.717) is 12.0 Å². The van der Waals surface area contributed by atoms with Crippen LogP contribution in [0, 0.1) is 5.92 Å². The van der Waals surface area contributed by atoms with Crippen molar-refractivity contribution in [3.05, 3.63) is 47.5 Å². The Morgan fingerprint density at radius 1 is 1.36 bits per heavy atom. The molecular weight excluding hydrogens is 314 g/mol. The number of nitrogens with zero attached hydrogens (tertiary/aromatic N) is 2. The van der Waals surface area contributed by atoms with Gasteiger partial charge < -0.3 is 19.4 Å². The molecule has 1 saturated heterocycles. The number of aromatic nitrogens is 2. The lowest BCUT2D eigenvalue weighted by Gasteiger charge is -2.32. The summed E-state index contributed by atoms with van der Waals surface area (Å²) in [7, 11) is 2.04. The van der Waals surface area contributed by atoms with Crippen molar-refractivity contribution in [1.82, 2.24) is 14.9 Å². The molecule has 5 heteroatoms. The number of rotatable bonds is 5. The van der Waals surface area contributed by atoms with Crippen molar-refractivity contribution in [2.75, 3.05) is 19.8 Å². The molecule has 134 valence electrons. The van der Waals surface area contributed by atoms with Crippen molar-refractivity contribution in [2.24, 2.45) is 13.0 Å². The van der Waals surface area contributed by atoms with Crippen LogP contribution in [0.2, 0.25) is 0 Å². The van der Waals surface area contributed by atoms with Crippen LogP contribution in [0.5, 0.6) is 5.75 Å². The minimum Gasteiger partial charge on any atom is -0.493 e. The van der Waals surface area contributed by atoms with Gasteiger partial charge in [0.15, 0.2) is 0 Å². The summed E-state index contributed by atoms with van der Waals surface area (Å²) in [6, 6.07) is 6.88. The van der Waals surface area contributed by atoms with Gasteiger partial charge in [0.25, 0.3) is 0 Å². The van der Waals surface area contributed by atoms with E-state index in [9.17, 15) is 0 Å². The molecule has 2 aromatic rings. The Morgan fingerprint density at radius 2 is 2.28 bits per heavy atom. The Labute approximate surface area is 149 Å². The van der Waals surface area contributed by atoms with Gasteiger partial charge in [-0.3, -0.25) is 0 Å². The van der Waals surface area contributed by atoms with Crippen LogP contribution in [0.15, 0.2) is 30.6 Å². The van der Waals surface area contributed by atoms with Gasteiger partial charge >= 0.3 is 0 Å². The van der Waals surface area contributed by atoms with E-state index >= 15 is 0 Å². The highest BCUT2D eigenvalue weighted by Gasteiger charge is 2.30. The Balaban J connectivity index is 1.41. The van der Waals surface area contributed by atoms with Gasteiger partial charge in [-0.15, -0.1) is 0 Å². The van der Waals surface area contributed by atoms with Crippen LogP contribution in [0.1, 0.15) is 48.9 Å². The summed E-state index contributed by atoms with van der Waals surface area (Å²) in [4.78, 5) is 4.51. The van der Waals surface area contributed by atoms with Crippen molar-refractivity contribution in [3.8, 4) is 5.75 Å². The third-order valence-corrected chi connectivity index (χ3v) is 5.46. The molecule has 0 spiro atoms. The van der Waals surface area contributed by atoms with Crippen LogP contribution >= 0.6 is 0 Å². The maximum atomic E-state index is 6.07. The molecule has 0 radical (unpaired) electrons. The zero-order valence-corrected chi connectivity index (χ0v) is 15.1. The molecule has 0 saturated carbocycles. The molecule has 3 atom stereocenters. The number of aryl methyl sites for hydroxylation is 1. The van der Waals surface area contributed by atoms with E-state index in [0.717, 1.165) is 44.2 Å². The molecule has 0 bridgehead atoms. The summed E-state index contributed by atoms with van der Waals surface area (Å²) in [5.74, 6) is 2.54. The van der Waals surface area contributed by atoms with E-state index in [1.807, 2.05) is 19.4 Å². The van der Waals surface area contributed by atoms with E-state index in [4.69, 9.17) is 9.47 Å². The summed E-state index contributed by atoms with van der Waals surface area (Å²) in [5, 5.41) is 3.71. The fourth-order valence-electron chi connectivity index (χ4n) is 3.91. The van der Waals surface area contributed by atoms with Crippen LogP contribution in [-0.2, 0) is 18.2 Å². The number of hydrogen-bond donors (Lipinski definition) is 1. The van der Waals surface area contributed by atoms with Crippen LogP contribution in [0.25, 0.3) is 0 Å². The first-order valence-corrected chi connectivity index (χ1v) is 9.30. The van der Waals surface area contributed by atoms with E-state index in [-0.39, 0.29) is 6.10 Å². The molecule has 1 aromatic carbocycles. The Hall–Kier alpha value is -1.85. The average molecular weight is 341 g/mol. The predicted molar refractivity (Wildman–Crippen MR) is 96.7 cm³/mol. The van der Waals surface area contributed by atoms with E-state index < -0.39 is 0 Å². The summed E-state index contributed by atoms with van der Waals surface area (Å²) in [6.45, 7) is 4.81. The molecule has 2 aliphatic heterocycles. The Bertz CT molecular complexity index is 727. The maximum Gasteiger partial charge on any atom is 0.137 e. The first kappa shape index (κ1) is 16.6. The van der Waals surface area contributed by atoms with Crippen LogP contribution < -0.4 is 10.1 Å². The van der Waals surface area contributed by atoms with Gasteiger partial charge in [0.2, 0.25) is 0 Å². The third-order valence-electron chi connectivity index (χ3n) is 5.46. The second-order valence-corrected chi connectivity index (χ2v) is 7.19. The smallest absolute Gasteiger partial charge is 0.137 e. The quantitative estimate of drug-likeness (QED) is 0.907. The number of benzene rings is 1. The zero-order valence-electron chi connectivity index (χ0n) is 15.1. The first-order chi connectivity index (χ1) is 12.2. The van der Waals surface area contributed by atoms with Gasteiger partial charge in [-0.05, 0) is 37.0 Å². The summed E-state index contributed by atoms with van der Waals surface area (Å²) >= 11 is 0. The highest BCUT2D eigenvalue weighted by molar-refractivity contribution is 5.40. The van der Waals surface area contributed by atoms with Gasteiger partial charge in [-0.25, -0.2) is 4.98 Å². The Kier molecular flexibility index (Phi) is 4.77. The van der Waals surface area contributed by atoms with Gasteiger partial charge in [0, 0.05) is 51.0 Å². The maximum absolute atomic E-state index is 6.07. The number of fused-ring (bicyclic) bond motifs is 1. The molecule has 0 amide bonds. The van der Waals surface area contributed by atoms with Crippen molar-refractivity contribution in [1.29, 1.82) is 0 Å². The molecule has 25 heavy (non-hydrogen) atoms. The van der Waals surface area contributed by atoms with Crippen molar-refractivity contribution in [3.63, 3.8) is 0 Å². The molecule has 1 N–H and O–H groups in total. The summed E-state index contributed by atoms with van der Waals surface area (Å²) in [5.41, 5.74) is 2.66. The van der Waals surface area contributed by atoms with Gasteiger partial charge in [-0.1, -0.05) is 12.1 Å². The lowest BCUT2D eigenvalue weighted by atomic mass is 9.93. The van der Waals surface area contributed by atoms with Gasteiger partial charge in [0.1, 0.15) is 17.7 Å². The monoisotopic (exact) mass is 341 g/mol. The molecule has 0 aliphatic carbocycles. The number of imidazole rings is 1. The molecule has 3 heterocycles. The zero-order chi connectivity index (χ0) is 17.2. The molecule has 1 unspecified atom stereocenters. The standard InChI is InChI=1S/C20H27N3O2/c1-14(15-5-6-18-16(12-15)7-11-24-18)22-13-17-4-3-10-25-19(17)20-21-8-9-23(20)2/h5-6,8-9,12,14,17,19,22H,3-4,7,10-11,13H2,1-2H3/t14?,17-,19+/m0/s1. The van der Waals surface area contributed by atoms with E-state index in [2.05, 4.69) is 40.0 Å². The number of hydrogen-bond acceptors (Lipinski definition) is 4. The SMILES string of the molecule is CC(NC[C@@H]1CCCO[C@H]1c1nccn1C)c1ccc2c(c1)CCO2. The Morgan fingerprint density at radius 3 is 3.12 bits per heavy atom. The molecule has 4 rings (SSSR count). The third kappa shape index (κ3) is 3.44. The topological polar surface area (TPSA) is 48.3 Å². The van der Waals surface area contributed by atoms with Crippen LogP contribution in [0.4, 0.5) is 0 Å². The van der Waals surface area contributed by atoms with E-state index in [1.54, 1.807) is 0 Å². The second kappa shape index (κ2) is 7.18. The predicted octanol–water partition coefficient (Wildman–Crippen LogP) is 3.17. The molecule has 2 aliphatic rings. The van der Waals surface area contributed by atoms with Crippen molar-refractivity contribution in [2.45, 2.75) is 38.3 Å². The molecule has 1 fully saturated rings. The fourth-order valence-corrected chi connectivity index (χ4v) is 3.91. The fraction of sp³-hybridized carbons (Fsp3) is 0.550. The lowest BCUT2D eigenvalue weighted by molar-refractivity contribution is -0.0349. The minimum atomic E-state index is 0.0851. The second-order valence-electron chi connectivity index (χ2n) is 7.19. The van der Waals surface area contributed by atoms with Crippen LogP contribution in [-0.4, -0.2) is 29.3 Å². The number of nitrogens with one attached hydrogen (secondary N) is 1. The summed E-state index contributed by atoms with van der Waals surface area (Å²) in [6.07, 6.45) is 7.25. The largest absolute Gasteiger partial charge is 0.493 e. The number of ether oxygens (including phenoxy) is 2. The normalized spacial score (nSPS) is 23.9. The lowest BCUT2D eigenvalue weighted by Crippen LogP contribution is -2.34. The van der Waals surface area contributed by atoms with Crippen LogP contribution in [0.3, 0.4) is 0 Å². The average Bonchev–Trinajstić information content (AvgIpc) is 3.27. The summed E-state index contributed by atoms with van der Waals surface area (Å²) < 4.78 is 13.8. The van der Waals surface area contributed by atoms with Crippen molar-refractivity contribution >= 4 is 0 Å². The first-order valence-electron chi connectivity index (χ1n) is 9.30. The van der Waals surface area contributed by atoms with E-state index in [1.165, 1.54) is 17.5 Å².